The molecule has 36 heavy (non-hydrogen) atoms. The van der Waals surface area contributed by atoms with Crippen molar-refractivity contribution in [3.05, 3.63) is 47.9 Å². The Bertz CT molecular complexity index is 1060. The fourth-order valence-corrected chi connectivity index (χ4v) is 4.74. The minimum absolute atomic E-state index is 0.181. The summed E-state index contributed by atoms with van der Waals surface area (Å²) in [7, 11) is 0. The van der Waals surface area contributed by atoms with Crippen molar-refractivity contribution in [2.75, 3.05) is 32.8 Å². The SMILES string of the molecule is CC(C)(F)CN1CCC(COc2ccc(-c3ccc(C(=O)NC(=O)[C@@H]4CCCN4)c(F)c3)cn2)CC1. The third-order valence-electron chi connectivity index (χ3n) is 6.67. The first-order chi connectivity index (χ1) is 17.2. The Hall–Kier alpha value is -2.91. The lowest BCUT2D eigenvalue weighted by Crippen LogP contribution is -2.43. The Morgan fingerprint density at radius 1 is 1.17 bits per heavy atom. The van der Waals surface area contributed by atoms with Crippen LogP contribution >= 0.6 is 0 Å². The van der Waals surface area contributed by atoms with Crippen LogP contribution in [0.25, 0.3) is 11.1 Å². The van der Waals surface area contributed by atoms with Crippen molar-refractivity contribution in [2.45, 2.75) is 51.2 Å². The Kier molecular flexibility index (Phi) is 8.31. The summed E-state index contributed by atoms with van der Waals surface area (Å²) in [5.41, 5.74) is -0.119. The number of pyridine rings is 1. The highest BCUT2D eigenvalue weighted by Gasteiger charge is 2.26. The molecule has 1 atom stereocenters. The van der Waals surface area contributed by atoms with Gasteiger partial charge in [-0.05, 0) is 88.8 Å². The summed E-state index contributed by atoms with van der Waals surface area (Å²) in [5.74, 6) is -1.01. The van der Waals surface area contributed by atoms with Crippen molar-refractivity contribution in [1.82, 2.24) is 20.5 Å². The van der Waals surface area contributed by atoms with Gasteiger partial charge in [0, 0.05) is 24.4 Å². The number of halogens is 2. The standard InChI is InChI=1S/C27H34F2N4O3/c1-27(2,29)17-33-12-9-18(10-13-33)16-36-24-8-6-20(15-31-24)19-5-7-21(22(28)14-19)25(34)32-26(35)23-4-3-11-30-23/h5-8,14-15,18,23,30H,3-4,9-13,16-17H2,1-2H3,(H,32,34,35)/t23-/m0/s1. The third-order valence-corrected chi connectivity index (χ3v) is 6.67. The molecule has 2 aliphatic heterocycles. The molecule has 2 saturated heterocycles. The first kappa shape index (κ1) is 26.2. The molecule has 0 spiro atoms. The van der Waals surface area contributed by atoms with Crippen molar-refractivity contribution in [1.29, 1.82) is 0 Å². The van der Waals surface area contributed by atoms with Crippen LogP contribution < -0.4 is 15.4 Å². The van der Waals surface area contributed by atoms with Crippen molar-refractivity contribution >= 4 is 11.8 Å². The number of ether oxygens (including phenoxy) is 1. The van der Waals surface area contributed by atoms with Crippen molar-refractivity contribution in [3.63, 3.8) is 0 Å². The molecule has 0 radical (unpaired) electrons. The predicted octanol–water partition coefficient (Wildman–Crippen LogP) is 3.74. The number of likely N-dealkylation sites (tertiary alicyclic amines) is 1. The van der Waals surface area contributed by atoms with Gasteiger partial charge in [0.05, 0.1) is 18.2 Å². The lowest BCUT2D eigenvalue weighted by molar-refractivity contribution is -0.121. The topological polar surface area (TPSA) is 83.6 Å². The van der Waals surface area contributed by atoms with Crippen LogP contribution in [0.3, 0.4) is 0 Å². The van der Waals surface area contributed by atoms with E-state index in [2.05, 4.69) is 20.5 Å². The number of alkyl halides is 1. The van der Waals surface area contributed by atoms with Gasteiger partial charge in [-0.15, -0.1) is 0 Å². The number of imide groups is 1. The molecule has 1 aromatic heterocycles. The number of nitrogens with one attached hydrogen (secondary N) is 2. The van der Waals surface area contributed by atoms with Crippen LogP contribution in [-0.2, 0) is 4.79 Å². The van der Waals surface area contributed by atoms with E-state index in [1.807, 2.05) is 0 Å². The van der Waals surface area contributed by atoms with Gasteiger partial charge in [-0.2, -0.15) is 0 Å². The molecule has 0 bridgehead atoms. The number of aromatic nitrogens is 1. The highest BCUT2D eigenvalue weighted by molar-refractivity contribution is 6.06. The van der Waals surface area contributed by atoms with Crippen LogP contribution in [0, 0.1) is 11.7 Å². The minimum atomic E-state index is -1.18. The summed E-state index contributed by atoms with van der Waals surface area (Å²) < 4.78 is 34.4. The van der Waals surface area contributed by atoms with Gasteiger partial charge in [0.1, 0.15) is 11.5 Å². The number of benzene rings is 1. The molecule has 0 aliphatic carbocycles. The van der Waals surface area contributed by atoms with Crippen LogP contribution in [0.15, 0.2) is 36.5 Å². The molecule has 0 unspecified atom stereocenters. The van der Waals surface area contributed by atoms with E-state index in [-0.39, 0.29) is 5.56 Å². The molecule has 9 heteroatoms. The van der Waals surface area contributed by atoms with E-state index in [0.717, 1.165) is 38.9 Å². The van der Waals surface area contributed by atoms with Crippen LogP contribution in [0.4, 0.5) is 8.78 Å². The molecule has 2 fully saturated rings. The highest BCUT2D eigenvalue weighted by Crippen LogP contribution is 2.25. The number of carbonyl (C=O) groups excluding carboxylic acids is 2. The summed E-state index contributed by atoms with van der Waals surface area (Å²) in [6.07, 6.45) is 5.04. The van der Waals surface area contributed by atoms with E-state index in [0.29, 0.717) is 42.5 Å². The van der Waals surface area contributed by atoms with Gasteiger partial charge in [-0.1, -0.05) is 6.07 Å². The molecule has 2 aromatic rings. The van der Waals surface area contributed by atoms with Gasteiger partial charge in [-0.3, -0.25) is 14.9 Å². The molecule has 2 aliphatic rings. The molecule has 2 amide bonds. The number of nitrogens with zero attached hydrogens (tertiary/aromatic N) is 2. The molecule has 3 heterocycles. The Morgan fingerprint density at radius 2 is 1.92 bits per heavy atom. The van der Waals surface area contributed by atoms with Crippen LogP contribution in [-0.4, -0.2) is 66.2 Å². The first-order valence-corrected chi connectivity index (χ1v) is 12.6. The van der Waals surface area contributed by atoms with Gasteiger partial charge in [0.2, 0.25) is 11.8 Å². The molecule has 4 rings (SSSR count). The van der Waals surface area contributed by atoms with Crippen LogP contribution in [0.5, 0.6) is 5.88 Å². The molecule has 7 nitrogen and oxygen atoms in total. The largest absolute Gasteiger partial charge is 0.477 e. The molecule has 194 valence electrons. The fraction of sp³-hybridized carbons (Fsp3) is 0.519. The zero-order valence-corrected chi connectivity index (χ0v) is 20.9. The van der Waals surface area contributed by atoms with E-state index in [4.69, 9.17) is 4.74 Å². The number of hydrogen-bond acceptors (Lipinski definition) is 6. The van der Waals surface area contributed by atoms with Gasteiger partial charge in [0.15, 0.2) is 0 Å². The van der Waals surface area contributed by atoms with Gasteiger partial charge in [-0.25, -0.2) is 13.8 Å². The maximum atomic E-state index is 14.7. The fourth-order valence-electron chi connectivity index (χ4n) is 4.74. The van der Waals surface area contributed by atoms with E-state index < -0.39 is 29.3 Å². The maximum absolute atomic E-state index is 14.7. The quantitative estimate of drug-likeness (QED) is 0.538. The second kappa shape index (κ2) is 11.4. The van der Waals surface area contributed by atoms with Crippen LogP contribution in [0.1, 0.15) is 49.9 Å². The summed E-state index contributed by atoms with van der Waals surface area (Å²) >= 11 is 0. The molecular formula is C27H34F2N4O3. The van der Waals surface area contributed by atoms with Crippen molar-refractivity contribution in [2.24, 2.45) is 5.92 Å². The van der Waals surface area contributed by atoms with E-state index in [1.54, 1.807) is 38.2 Å². The van der Waals surface area contributed by atoms with Gasteiger partial charge < -0.3 is 15.0 Å². The molecule has 0 saturated carbocycles. The normalized spacial score (nSPS) is 19.3. The predicted molar refractivity (Wildman–Crippen MR) is 133 cm³/mol. The molecular weight excluding hydrogens is 466 g/mol. The lowest BCUT2D eigenvalue weighted by atomic mass is 9.97. The minimum Gasteiger partial charge on any atom is -0.477 e. The summed E-state index contributed by atoms with van der Waals surface area (Å²) in [6, 6.07) is 7.37. The van der Waals surface area contributed by atoms with E-state index in [9.17, 15) is 18.4 Å². The molecule has 1 aromatic carbocycles. The smallest absolute Gasteiger partial charge is 0.260 e. The first-order valence-electron chi connectivity index (χ1n) is 12.6. The number of hydrogen-bond donors (Lipinski definition) is 2. The second-order valence-corrected chi connectivity index (χ2v) is 10.3. The average molecular weight is 501 g/mol. The Morgan fingerprint density at radius 3 is 2.53 bits per heavy atom. The van der Waals surface area contributed by atoms with Crippen molar-refractivity contribution < 1.29 is 23.1 Å². The zero-order valence-electron chi connectivity index (χ0n) is 20.9. The van der Waals surface area contributed by atoms with E-state index >= 15 is 0 Å². The molecule has 2 N–H and O–H groups in total. The van der Waals surface area contributed by atoms with Gasteiger partial charge in [0.25, 0.3) is 5.91 Å². The number of rotatable bonds is 8. The Labute approximate surface area is 210 Å². The number of piperidine rings is 1. The average Bonchev–Trinajstić information content (AvgIpc) is 3.38. The van der Waals surface area contributed by atoms with Crippen LogP contribution in [0.2, 0.25) is 0 Å². The number of amides is 2. The maximum Gasteiger partial charge on any atom is 0.260 e. The number of carbonyl (C=O) groups is 2. The van der Waals surface area contributed by atoms with Gasteiger partial charge >= 0.3 is 0 Å². The summed E-state index contributed by atoms with van der Waals surface area (Å²) in [4.78, 5) is 31.0. The summed E-state index contributed by atoms with van der Waals surface area (Å²) in [6.45, 7) is 6.66. The van der Waals surface area contributed by atoms with E-state index in [1.165, 1.54) is 12.1 Å². The Balaban J connectivity index is 1.28. The lowest BCUT2D eigenvalue weighted by Gasteiger charge is -2.34. The zero-order chi connectivity index (χ0) is 25.7. The third kappa shape index (κ3) is 7.07. The van der Waals surface area contributed by atoms with Crippen molar-refractivity contribution in [3.8, 4) is 17.0 Å². The summed E-state index contributed by atoms with van der Waals surface area (Å²) in [5, 5.41) is 5.28. The monoisotopic (exact) mass is 500 g/mol. The second-order valence-electron chi connectivity index (χ2n) is 10.3. The highest BCUT2D eigenvalue weighted by atomic mass is 19.1.